The molecule has 0 spiro atoms. The maximum Gasteiger partial charge on any atom is 0.248 e. The Labute approximate surface area is 171 Å². The van der Waals surface area contributed by atoms with Gasteiger partial charge in [-0.25, -0.2) is 22.5 Å². The fraction of sp³-hybridized carbons (Fsp3) is 0.684. The van der Waals surface area contributed by atoms with E-state index in [0.717, 1.165) is 0 Å². The summed E-state index contributed by atoms with van der Waals surface area (Å²) in [5, 5.41) is 0. The van der Waals surface area contributed by atoms with Gasteiger partial charge in [-0.1, -0.05) is 0 Å². The Kier molecular flexibility index (Phi) is 5.31. The first kappa shape index (κ1) is 20.8. The number of aromatic nitrogens is 5. The largest absolute Gasteiger partial charge is 0.368 e. The predicted octanol–water partition coefficient (Wildman–Crippen LogP) is 4.11. The van der Waals surface area contributed by atoms with Gasteiger partial charge in [0.15, 0.2) is 5.82 Å². The average Bonchev–Trinajstić information content (AvgIpc) is 3.10. The van der Waals surface area contributed by atoms with E-state index in [4.69, 9.17) is 5.73 Å². The van der Waals surface area contributed by atoms with E-state index in [1.165, 1.54) is 0 Å². The molecule has 2 aliphatic rings. The molecular formula is C19H25F4N7. The third-order valence-electron chi connectivity index (χ3n) is 5.97. The Bertz CT molecular complexity index is 853. The first-order valence-electron chi connectivity index (χ1n) is 10.2. The molecule has 0 aromatic carbocycles. The van der Waals surface area contributed by atoms with Crippen molar-refractivity contribution in [1.82, 2.24) is 24.9 Å². The molecule has 2 fully saturated rings. The van der Waals surface area contributed by atoms with Gasteiger partial charge < -0.3 is 15.6 Å². The molecule has 2 aromatic heterocycles. The van der Waals surface area contributed by atoms with Crippen LogP contribution in [0.3, 0.4) is 0 Å². The van der Waals surface area contributed by atoms with Crippen LogP contribution in [-0.2, 0) is 0 Å². The number of hydrogen-bond donors (Lipinski definition) is 2. The number of nitrogens with zero attached hydrogens (tertiary/aromatic N) is 5. The lowest BCUT2D eigenvalue weighted by molar-refractivity contribution is -0.0459. The lowest BCUT2D eigenvalue weighted by Crippen LogP contribution is -2.50. The van der Waals surface area contributed by atoms with Crippen molar-refractivity contribution in [3.8, 4) is 11.5 Å². The molecule has 2 saturated carbocycles. The Morgan fingerprint density at radius 1 is 0.900 bits per heavy atom. The van der Waals surface area contributed by atoms with Gasteiger partial charge in [0.1, 0.15) is 11.5 Å². The quantitative estimate of drug-likeness (QED) is 0.713. The first-order chi connectivity index (χ1) is 14.1. The number of rotatable bonds is 4. The number of nitrogens with two attached hydrogens (primary N) is 1. The van der Waals surface area contributed by atoms with Gasteiger partial charge in [0.05, 0.1) is 0 Å². The zero-order valence-corrected chi connectivity index (χ0v) is 16.7. The SMILES string of the molecule is Cc1nc(-c2nc(N)nc(N(C3CCC(F)(F)CC3)C3CCC(F)(F)CC3)n2)c[nH]1. The van der Waals surface area contributed by atoms with Crippen molar-refractivity contribution < 1.29 is 17.6 Å². The lowest BCUT2D eigenvalue weighted by Gasteiger charge is -2.43. The summed E-state index contributed by atoms with van der Waals surface area (Å²) in [7, 11) is 0. The van der Waals surface area contributed by atoms with Crippen LogP contribution in [0.4, 0.5) is 29.5 Å². The summed E-state index contributed by atoms with van der Waals surface area (Å²) in [6.45, 7) is 1.78. The van der Waals surface area contributed by atoms with Gasteiger partial charge >= 0.3 is 0 Å². The van der Waals surface area contributed by atoms with Crippen molar-refractivity contribution in [2.45, 2.75) is 82.2 Å². The van der Waals surface area contributed by atoms with Crippen LogP contribution in [-0.4, -0.2) is 48.8 Å². The van der Waals surface area contributed by atoms with Crippen LogP contribution in [0.1, 0.15) is 57.2 Å². The van der Waals surface area contributed by atoms with Gasteiger partial charge in [-0.2, -0.15) is 15.0 Å². The number of alkyl halides is 4. The molecule has 0 amide bonds. The maximum absolute atomic E-state index is 13.7. The van der Waals surface area contributed by atoms with E-state index in [9.17, 15) is 17.6 Å². The van der Waals surface area contributed by atoms with Gasteiger partial charge in [-0.05, 0) is 32.6 Å². The third-order valence-corrected chi connectivity index (χ3v) is 5.97. The standard InChI is InChI=1S/C19H25F4N7/c1-11-25-10-14(26-11)15-27-16(24)29-17(28-15)30(12-2-6-18(20,21)7-3-12)13-4-8-19(22,23)9-5-13/h10,12-13H,2-9H2,1H3,(H,25,26)(H2,24,27,28,29). The van der Waals surface area contributed by atoms with E-state index in [1.807, 2.05) is 4.90 Å². The summed E-state index contributed by atoms with van der Waals surface area (Å²) in [5.41, 5.74) is 6.40. The summed E-state index contributed by atoms with van der Waals surface area (Å²) < 4.78 is 55.0. The smallest absolute Gasteiger partial charge is 0.248 e. The van der Waals surface area contributed by atoms with Gasteiger partial charge in [-0.15, -0.1) is 0 Å². The average molecular weight is 427 g/mol. The number of H-pyrrole nitrogens is 1. The van der Waals surface area contributed by atoms with Crippen LogP contribution in [0.2, 0.25) is 0 Å². The molecule has 164 valence electrons. The Balaban J connectivity index is 1.68. The zero-order valence-electron chi connectivity index (χ0n) is 16.7. The minimum atomic E-state index is -2.70. The molecule has 0 saturated heterocycles. The molecule has 2 heterocycles. The van der Waals surface area contributed by atoms with Gasteiger partial charge in [0.25, 0.3) is 0 Å². The maximum atomic E-state index is 13.7. The lowest BCUT2D eigenvalue weighted by atomic mass is 9.86. The highest BCUT2D eigenvalue weighted by molar-refractivity contribution is 5.53. The number of nitrogen functional groups attached to an aromatic ring is 1. The van der Waals surface area contributed by atoms with Gasteiger partial charge in [0.2, 0.25) is 23.7 Å². The Morgan fingerprint density at radius 3 is 1.90 bits per heavy atom. The first-order valence-corrected chi connectivity index (χ1v) is 10.2. The number of imidazole rings is 1. The van der Waals surface area contributed by atoms with Gasteiger partial charge in [0, 0.05) is 44.0 Å². The molecule has 11 heteroatoms. The van der Waals surface area contributed by atoms with E-state index in [0.29, 0.717) is 11.5 Å². The van der Waals surface area contributed by atoms with Gasteiger partial charge in [-0.3, -0.25) is 0 Å². The summed E-state index contributed by atoms with van der Waals surface area (Å²) >= 11 is 0. The highest BCUT2D eigenvalue weighted by Gasteiger charge is 2.43. The molecule has 0 bridgehead atoms. The molecule has 3 N–H and O–H groups in total. The molecule has 30 heavy (non-hydrogen) atoms. The number of nitrogens with one attached hydrogen (secondary N) is 1. The van der Waals surface area contributed by atoms with Crippen LogP contribution < -0.4 is 10.6 Å². The number of aromatic amines is 1. The summed E-state index contributed by atoms with van der Waals surface area (Å²) in [6.07, 6.45) is 1.61. The Morgan fingerprint density at radius 2 is 1.43 bits per heavy atom. The number of aryl methyl sites for hydroxylation is 1. The molecule has 2 aromatic rings. The van der Waals surface area contributed by atoms with Crippen LogP contribution >= 0.6 is 0 Å². The highest BCUT2D eigenvalue weighted by atomic mass is 19.3. The number of halogens is 4. The van der Waals surface area contributed by atoms with Crippen molar-refractivity contribution in [2.24, 2.45) is 0 Å². The molecule has 0 atom stereocenters. The van der Waals surface area contributed by atoms with Crippen molar-refractivity contribution in [3.05, 3.63) is 12.0 Å². The van der Waals surface area contributed by atoms with Crippen LogP contribution in [0.15, 0.2) is 6.20 Å². The molecule has 0 radical (unpaired) electrons. The highest BCUT2D eigenvalue weighted by Crippen LogP contribution is 2.41. The molecule has 2 aliphatic carbocycles. The van der Waals surface area contributed by atoms with E-state index < -0.39 is 11.8 Å². The van der Waals surface area contributed by atoms with Crippen molar-refractivity contribution in [1.29, 1.82) is 0 Å². The molecular weight excluding hydrogens is 402 g/mol. The topological polar surface area (TPSA) is 96.6 Å². The number of hydrogen-bond acceptors (Lipinski definition) is 6. The summed E-state index contributed by atoms with van der Waals surface area (Å²) in [5.74, 6) is -4.25. The fourth-order valence-electron chi connectivity index (χ4n) is 4.37. The van der Waals surface area contributed by atoms with Crippen LogP contribution in [0, 0.1) is 6.92 Å². The van der Waals surface area contributed by atoms with E-state index >= 15 is 0 Å². The van der Waals surface area contributed by atoms with Crippen molar-refractivity contribution in [3.63, 3.8) is 0 Å². The van der Waals surface area contributed by atoms with Crippen LogP contribution in [0.5, 0.6) is 0 Å². The molecule has 0 unspecified atom stereocenters. The zero-order chi connectivity index (χ0) is 21.5. The fourth-order valence-corrected chi connectivity index (χ4v) is 4.37. The predicted molar refractivity (Wildman–Crippen MR) is 103 cm³/mol. The summed E-state index contributed by atoms with van der Waals surface area (Å²) in [6, 6.07) is -0.533. The van der Waals surface area contributed by atoms with E-state index in [-0.39, 0.29) is 81.2 Å². The van der Waals surface area contributed by atoms with E-state index in [2.05, 4.69) is 24.9 Å². The van der Waals surface area contributed by atoms with Crippen molar-refractivity contribution >= 4 is 11.9 Å². The second kappa shape index (κ2) is 7.66. The normalized spacial score (nSPS) is 22.2. The third kappa shape index (κ3) is 4.49. The minimum absolute atomic E-state index is 0.0251. The monoisotopic (exact) mass is 427 g/mol. The Hall–Kier alpha value is -2.46. The number of anilines is 2. The minimum Gasteiger partial charge on any atom is -0.368 e. The second-order valence-electron chi connectivity index (χ2n) is 8.27. The molecule has 0 aliphatic heterocycles. The molecule has 7 nitrogen and oxygen atoms in total. The summed E-state index contributed by atoms with van der Waals surface area (Å²) in [4.78, 5) is 22.0. The van der Waals surface area contributed by atoms with Crippen molar-refractivity contribution in [2.75, 3.05) is 10.6 Å². The second-order valence-corrected chi connectivity index (χ2v) is 8.27. The molecule has 4 rings (SSSR count). The van der Waals surface area contributed by atoms with E-state index in [1.54, 1.807) is 13.1 Å². The van der Waals surface area contributed by atoms with Crippen LogP contribution in [0.25, 0.3) is 11.5 Å².